The summed E-state index contributed by atoms with van der Waals surface area (Å²) in [6.07, 6.45) is -1.72. The first-order valence-electron chi connectivity index (χ1n) is 14.1. The van der Waals surface area contributed by atoms with E-state index in [0.717, 1.165) is 36.1 Å². The molecule has 2 aromatic rings. The third kappa shape index (κ3) is 8.09. The average Bonchev–Trinajstić information content (AvgIpc) is 3.67. The molecule has 222 valence electrons. The van der Waals surface area contributed by atoms with Crippen LogP contribution in [0.4, 0.5) is 18.0 Å². The number of benzene rings is 2. The van der Waals surface area contributed by atoms with Gasteiger partial charge in [0.15, 0.2) is 0 Å². The third-order valence-corrected chi connectivity index (χ3v) is 8.45. The molecule has 0 N–H and O–H groups in total. The summed E-state index contributed by atoms with van der Waals surface area (Å²) in [5.74, 6) is 0.742. The van der Waals surface area contributed by atoms with Crippen LogP contribution < -0.4 is 56.1 Å². The van der Waals surface area contributed by atoms with Crippen LogP contribution in [0.2, 0.25) is 0 Å². The van der Waals surface area contributed by atoms with Crippen LogP contribution in [0.15, 0.2) is 54.6 Å². The summed E-state index contributed by atoms with van der Waals surface area (Å²) < 4.78 is 58.9. The quantitative estimate of drug-likeness (QED) is 0.322. The molecule has 5 atom stereocenters. The first kappa shape index (κ1) is 33.3. The third-order valence-electron chi connectivity index (χ3n) is 8.45. The maximum atomic E-state index is 13.9. The number of carbonyl (C=O) groups is 2. The topological polar surface area (TPSA) is 68.3 Å². The molecule has 3 fully saturated rings. The van der Waals surface area contributed by atoms with E-state index in [0.29, 0.717) is 17.2 Å². The fraction of sp³-hybridized carbons (Fsp3) is 0.516. The van der Waals surface area contributed by atoms with Crippen LogP contribution in [0.25, 0.3) is 0 Å². The number of fused-ring (bicyclic) bond motifs is 1. The fourth-order valence-corrected chi connectivity index (χ4v) is 6.18. The van der Waals surface area contributed by atoms with E-state index in [2.05, 4.69) is 0 Å². The Bertz CT molecular complexity index is 1200. The summed E-state index contributed by atoms with van der Waals surface area (Å²) in [6, 6.07) is 13.5. The van der Waals surface area contributed by atoms with E-state index in [1.807, 2.05) is 30.3 Å². The van der Waals surface area contributed by atoms with E-state index in [4.69, 9.17) is 14.2 Å². The molecule has 0 bridgehead atoms. The number of ether oxygens (including phenoxy) is 3. The minimum Gasteiger partial charge on any atom is -0.497 e. The van der Waals surface area contributed by atoms with Crippen LogP contribution in [0.1, 0.15) is 50.2 Å². The molecule has 5 rings (SSSR count). The van der Waals surface area contributed by atoms with Gasteiger partial charge in [-0.1, -0.05) is 55.3 Å². The number of alkyl halides is 3. The Kier molecular flexibility index (Phi) is 11.4. The smallest absolute Gasteiger partial charge is 0.497 e. The monoisotopic (exact) mass is 612 g/mol. The van der Waals surface area contributed by atoms with Gasteiger partial charge in [-0.25, -0.2) is 11.2 Å². The number of likely N-dealkylation sites (tertiary alicyclic amines) is 1. The van der Waals surface area contributed by atoms with E-state index >= 15 is 0 Å². The predicted molar refractivity (Wildman–Crippen MR) is 145 cm³/mol. The minimum absolute atomic E-state index is 0. The Balaban J connectivity index is 0.00000405. The summed E-state index contributed by atoms with van der Waals surface area (Å²) in [4.78, 5) is 28.6. The number of halogens is 3. The zero-order valence-corrected chi connectivity index (χ0v) is 27.4. The summed E-state index contributed by atoms with van der Waals surface area (Å²) in [6.45, 7) is 1.55. The summed E-state index contributed by atoms with van der Waals surface area (Å²) in [7, 11) is 1.50. The Morgan fingerprint density at radius 3 is 2.40 bits per heavy atom. The second-order valence-electron chi connectivity index (χ2n) is 11.2. The van der Waals surface area contributed by atoms with Crippen molar-refractivity contribution >= 4 is 12.0 Å². The number of hydrogen-bond donors (Lipinski definition) is 0. The zero-order valence-electron chi connectivity index (χ0n) is 24.3. The van der Waals surface area contributed by atoms with Gasteiger partial charge in [0.2, 0.25) is 0 Å². The van der Waals surface area contributed by atoms with Crippen LogP contribution >= 0.6 is 0 Å². The molecule has 2 saturated carbocycles. The van der Waals surface area contributed by atoms with Crippen molar-refractivity contribution in [1.29, 1.82) is 0 Å². The predicted octanol–water partition coefficient (Wildman–Crippen LogP) is 2.92. The molecule has 0 spiro atoms. The number of rotatable bonds is 9. The number of hydrogen-bond acceptors (Lipinski definition) is 5. The van der Waals surface area contributed by atoms with E-state index < -0.39 is 36.3 Å². The molecule has 2 aliphatic carbocycles. The second-order valence-corrected chi connectivity index (χ2v) is 11.2. The van der Waals surface area contributed by atoms with Crippen molar-refractivity contribution in [2.45, 2.75) is 82.6 Å². The van der Waals surface area contributed by atoms with Crippen LogP contribution in [0.3, 0.4) is 0 Å². The van der Waals surface area contributed by atoms with Crippen molar-refractivity contribution in [3.8, 4) is 5.75 Å². The van der Waals surface area contributed by atoms with Gasteiger partial charge in [-0.05, 0) is 36.6 Å². The molecule has 0 radical (unpaired) electrons. The first-order chi connectivity index (χ1) is 19.6. The number of carbonyl (C=O) groups excluding carboxylic acids is 2. The normalized spacial score (nSPS) is 25.3. The first-order valence-corrected chi connectivity index (χ1v) is 14.1. The van der Waals surface area contributed by atoms with E-state index in [1.54, 1.807) is 37.1 Å². The van der Waals surface area contributed by atoms with Crippen LogP contribution in [-0.4, -0.2) is 65.9 Å². The van der Waals surface area contributed by atoms with Gasteiger partial charge < -0.3 is 25.0 Å². The molecular weight excluding hydrogens is 576 g/mol. The molecule has 1 saturated heterocycles. The average molecular weight is 613 g/mol. The molecule has 1 heterocycles. The summed E-state index contributed by atoms with van der Waals surface area (Å²) in [5, 5.41) is 0. The van der Waals surface area contributed by atoms with E-state index in [1.165, 1.54) is 12.0 Å². The fourth-order valence-electron chi connectivity index (χ4n) is 6.18. The largest absolute Gasteiger partial charge is 1.00 e. The Labute approximate surface area is 287 Å². The molecular formula is C31H36F3KN2O5. The van der Waals surface area contributed by atoms with Crippen LogP contribution in [-0.2, 0) is 27.4 Å². The molecule has 2 amide bonds. The Hall–Kier alpha value is -1.63. The number of methoxy groups -OCH3 is 1. The standard InChI is InChI=1S/C31H36F3N2O5.K/c1-20-14-27(35(29(37)31(32,33)34)17-21-8-11-25(39-2)12-9-21)28(19-40-26-13-10-23-15-24(23)16-26)36(20)30(38)41-18-22-6-4-3-5-7-22;/h3-9,11-12,20,24,26-28H,10,13-19H2,1-2H3;/q-1;+1/t20-,24+,26?,27+,28+;/m1./s1. The van der Waals surface area contributed by atoms with Crippen LogP contribution in [0.5, 0.6) is 5.75 Å². The van der Waals surface area contributed by atoms with Crippen LogP contribution in [0, 0.1) is 11.8 Å². The second kappa shape index (κ2) is 14.4. The van der Waals surface area contributed by atoms with Gasteiger partial charge >= 0.3 is 69.6 Å². The number of amides is 2. The number of nitrogens with zero attached hydrogens (tertiary/aromatic N) is 2. The van der Waals surface area contributed by atoms with Gasteiger partial charge in [-0.3, -0.25) is 9.69 Å². The summed E-state index contributed by atoms with van der Waals surface area (Å²) >= 11 is 0. The molecule has 42 heavy (non-hydrogen) atoms. The molecule has 1 aliphatic heterocycles. The molecule has 7 nitrogen and oxygen atoms in total. The minimum atomic E-state index is -5.08. The zero-order chi connectivity index (χ0) is 29.1. The van der Waals surface area contributed by atoms with Gasteiger partial charge in [0.05, 0.1) is 31.9 Å². The molecule has 3 aliphatic rings. The Morgan fingerprint density at radius 2 is 1.76 bits per heavy atom. The van der Waals surface area contributed by atoms with Crippen molar-refractivity contribution in [3.05, 3.63) is 71.6 Å². The maximum absolute atomic E-state index is 13.9. The van der Waals surface area contributed by atoms with Gasteiger partial charge in [-0.2, -0.15) is 25.5 Å². The Morgan fingerprint density at radius 1 is 1.05 bits per heavy atom. The van der Waals surface area contributed by atoms with Crippen molar-refractivity contribution in [1.82, 2.24) is 9.80 Å². The van der Waals surface area contributed by atoms with Gasteiger partial charge in [0, 0.05) is 12.6 Å². The van der Waals surface area contributed by atoms with Crippen molar-refractivity contribution in [2.24, 2.45) is 5.92 Å². The molecule has 11 heteroatoms. The van der Waals surface area contributed by atoms with Crippen molar-refractivity contribution in [2.75, 3.05) is 13.7 Å². The molecule has 1 unspecified atom stereocenters. The van der Waals surface area contributed by atoms with Gasteiger partial charge in [-0.15, -0.1) is 0 Å². The van der Waals surface area contributed by atoms with E-state index in [9.17, 15) is 22.8 Å². The van der Waals surface area contributed by atoms with Crippen molar-refractivity contribution < 1.29 is 88.4 Å². The summed E-state index contributed by atoms with van der Waals surface area (Å²) in [5.41, 5.74) is 1.31. The molecule has 2 aromatic carbocycles. The SMILES string of the molecule is COc1ccc(CN(C(=O)C(F)(F)F)[C@H]2C[C@@H](C)N(C(=O)OCc3ccccc3)[C@H]2COC2CC[C-]3C[C@H]3C2)cc1.[K+]. The van der Waals surface area contributed by atoms with Gasteiger partial charge in [0.1, 0.15) is 12.4 Å². The molecule has 0 aromatic heterocycles. The van der Waals surface area contributed by atoms with E-state index in [-0.39, 0.29) is 83.7 Å². The van der Waals surface area contributed by atoms with Gasteiger partial charge in [0.25, 0.3) is 0 Å². The van der Waals surface area contributed by atoms with Crippen molar-refractivity contribution in [3.63, 3.8) is 0 Å². The maximum Gasteiger partial charge on any atom is 1.00 e.